The molecule has 1 aromatic carbocycles. The molecule has 2 aliphatic heterocycles. The van der Waals surface area contributed by atoms with Crippen LogP contribution < -0.4 is 5.56 Å². The number of carbonyl (C=O) groups is 2. The summed E-state index contributed by atoms with van der Waals surface area (Å²) >= 11 is 0. The Morgan fingerprint density at radius 3 is 2.86 bits per heavy atom. The van der Waals surface area contributed by atoms with Gasteiger partial charge >= 0.3 is 5.97 Å². The van der Waals surface area contributed by atoms with Crippen LogP contribution in [0.2, 0.25) is 0 Å². The summed E-state index contributed by atoms with van der Waals surface area (Å²) in [5.74, 6) is 0.527. The first-order valence-electron chi connectivity index (χ1n) is 10.5. The Morgan fingerprint density at radius 2 is 2.03 bits per heavy atom. The van der Waals surface area contributed by atoms with Crippen molar-refractivity contribution in [2.75, 3.05) is 19.7 Å². The van der Waals surface area contributed by atoms with Gasteiger partial charge in [-0.25, -0.2) is 9.78 Å². The predicted molar refractivity (Wildman–Crippen MR) is 109 cm³/mol. The van der Waals surface area contributed by atoms with E-state index < -0.39 is 5.97 Å². The first-order valence-corrected chi connectivity index (χ1v) is 10.5. The van der Waals surface area contributed by atoms with Crippen LogP contribution in [0.15, 0.2) is 23.0 Å². The van der Waals surface area contributed by atoms with Crippen molar-refractivity contribution in [3.63, 3.8) is 0 Å². The summed E-state index contributed by atoms with van der Waals surface area (Å²) in [6.45, 7) is 3.99. The van der Waals surface area contributed by atoms with Gasteiger partial charge in [0, 0.05) is 26.1 Å². The van der Waals surface area contributed by atoms with Gasteiger partial charge in [-0.1, -0.05) is 13.3 Å². The molecule has 1 aromatic heterocycles. The van der Waals surface area contributed by atoms with Gasteiger partial charge in [0.05, 0.1) is 16.5 Å². The Hall–Kier alpha value is -2.70. The summed E-state index contributed by atoms with van der Waals surface area (Å²) in [5.41, 5.74) is 0.762. The minimum atomic E-state index is -0.567. The van der Waals surface area contributed by atoms with E-state index in [1.165, 1.54) is 0 Å². The Labute approximate surface area is 169 Å². The van der Waals surface area contributed by atoms with Crippen molar-refractivity contribution in [1.29, 1.82) is 0 Å². The molecule has 0 N–H and O–H groups in total. The zero-order valence-corrected chi connectivity index (χ0v) is 16.9. The van der Waals surface area contributed by atoms with Crippen LogP contribution in [0, 0.1) is 5.92 Å². The van der Waals surface area contributed by atoms with Crippen molar-refractivity contribution in [2.45, 2.75) is 52.0 Å². The molecule has 0 unspecified atom stereocenters. The van der Waals surface area contributed by atoms with Gasteiger partial charge in [0.2, 0.25) is 0 Å². The summed E-state index contributed by atoms with van der Waals surface area (Å²) in [6, 6.07) is 4.80. The normalized spacial score (nSPS) is 19.5. The van der Waals surface area contributed by atoms with Crippen molar-refractivity contribution < 1.29 is 14.3 Å². The fraction of sp³-hybridized carbons (Fsp3) is 0.545. The van der Waals surface area contributed by atoms with Crippen LogP contribution in [0.5, 0.6) is 0 Å². The maximum atomic E-state index is 12.8. The van der Waals surface area contributed by atoms with E-state index in [-0.39, 0.29) is 18.1 Å². The molecule has 0 aliphatic carbocycles. The molecule has 1 fully saturated rings. The maximum absolute atomic E-state index is 12.8. The summed E-state index contributed by atoms with van der Waals surface area (Å²) in [4.78, 5) is 44.0. The molecule has 0 spiro atoms. The number of nitrogens with zero attached hydrogens (tertiary/aromatic N) is 3. The van der Waals surface area contributed by atoms with Gasteiger partial charge in [0.1, 0.15) is 5.82 Å². The molecule has 7 nitrogen and oxygen atoms in total. The first kappa shape index (κ1) is 19.6. The topological polar surface area (TPSA) is 81.5 Å². The predicted octanol–water partition coefficient (Wildman–Crippen LogP) is 2.54. The minimum absolute atomic E-state index is 0.0544. The highest BCUT2D eigenvalue weighted by Gasteiger charge is 2.22. The van der Waals surface area contributed by atoms with Crippen molar-refractivity contribution >= 4 is 22.8 Å². The summed E-state index contributed by atoms with van der Waals surface area (Å²) in [7, 11) is 0. The number of fused-ring (bicyclic) bond motifs is 2. The molecule has 2 aliphatic rings. The van der Waals surface area contributed by atoms with Crippen LogP contribution in [0.1, 0.15) is 55.2 Å². The Bertz CT molecular complexity index is 997. The van der Waals surface area contributed by atoms with E-state index in [1.807, 2.05) is 0 Å². The molecule has 0 radical (unpaired) electrons. The first-order chi connectivity index (χ1) is 14.0. The fourth-order valence-electron chi connectivity index (χ4n) is 4.26. The van der Waals surface area contributed by atoms with Gasteiger partial charge in [-0.15, -0.1) is 0 Å². The van der Waals surface area contributed by atoms with E-state index in [2.05, 4.69) is 11.9 Å². The van der Waals surface area contributed by atoms with Crippen LogP contribution in [0.25, 0.3) is 10.9 Å². The van der Waals surface area contributed by atoms with E-state index >= 15 is 0 Å². The van der Waals surface area contributed by atoms with Crippen LogP contribution in [-0.2, 0) is 22.5 Å². The molecule has 4 rings (SSSR count). The molecule has 0 bridgehead atoms. The molecule has 1 atom stereocenters. The fourth-order valence-corrected chi connectivity index (χ4v) is 4.26. The lowest BCUT2D eigenvalue weighted by Crippen LogP contribution is -2.41. The smallest absolute Gasteiger partial charge is 0.338 e. The molecule has 7 heteroatoms. The number of likely N-dealkylation sites (tertiary alicyclic amines) is 1. The van der Waals surface area contributed by atoms with Gasteiger partial charge in [-0.2, -0.15) is 0 Å². The van der Waals surface area contributed by atoms with Crippen LogP contribution in [0.3, 0.4) is 0 Å². The monoisotopic (exact) mass is 397 g/mol. The van der Waals surface area contributed by atoms with E-state index in [0.717, 1.165) is 50.9 Å². The summed E-state index contributed by atoms with van der Waals surface area (Å²) in [6.07, 6.45) is 5.95. The number of hydrogen-bond acceptors (Lipinski definition) is 5. The molecule has 3 heterocycles. The van der Waals surface area contributed by atoms with Crippen molar-refractivity contribution in [3.8, 4) is 0 Å². The maximum Gasteiger partial charge on any atom is 0.338 e. The second kappa shape index (κ2) is 8.35. The number of rotatable bonds is 3. The number of hydrogen-bond donors (Lipinski definition) is 0. The zero-order chi connectivity index (χ0) is 20.4. The van der Waals surface area contributed by atoms with Crippen molar-refractivity contribution in [1.82, 2.24) is 14.5 Å². The average molecular weight is 397 g/mol. The van der Waals surface area contributed by atoms with E-state index in [1.54, 1.807) is 27.7 Å². The number of aryl methyl sites for hydroxylation is 1. The van der Waals surface area contributed by atoms with Crippen molar-refractivity contribution in [3.05, 3.63) is 39.9 Å². The molecule has 1 saturated heterocycles. The largest absolute Gasteiger partial charge is 0.452 e. The number of amides is 1. The van der Waals surface area contributed by atoms with E-state index in [9.17, 15) is 14.4 Å². The highest BCUT2D eigenvalue weighted by molar-refractivity contribution is 5.95. The zero-order valence-electron chi connectivity index (χ0n) is 16.9. The Morgan fingerprint density at radius 1 is 1.17 bits per heavy atom. The summed E-state index contributed by atoms with van der Waals surface area (Å²) in [5, 5.41) is 0.505. The minimum Gasteiger partial charge on any atom is -0.452 e. The summed E-state index contributed by atoms with van der Waals surface area (Å²) < 4.78 is 7.00. The average Bonchev–Trinajstić information content (AvgIpc) is 2.97. The van der Waals surface area contributed by atoms with Gasteiger partial charge in [-0.3, -0.25) is 14.2 Å². The third-order valence-corrected chi connectivity index (χ3v) is 5.89. The lowest BCUT2D eigenvalue weighted by Gasteiger charge is -2.30. The number of carbonyl (C=O) groups excluding carboxylic acids is 2. The number of piperidine rings is 1. The number of aromatic nitrogens is 2. The van der Waals surface area contributed by atoms with Crippen LogP contribution in [-0.4, -0.2) is 46.0 Å². The van der Waals surface area contributed by atoms with Gasteiger partial charge in [0.15, 0.2) is 6.61 Å². The highest BCUT2D eigenvalue weighted by atomic mass is 16.5. The quantitative estimate of drug-likeness (QED) is 0.744. The SMILES string of the molecule is C[C@@H]1CCCN(C(=O)COC(=O)c2ccc3c(=O)n4c(nc3c2)CCCCC4)C1. The number of ether oxygens (including phenoxy) is 1. The molecular formula is C22H27N3O4. The van der Waals surface area contributed by atoms with Crippen LogP contribution >= 0.6 is 0 Å². The standard InChI is InChI=1S/C22H27N3O4/c1-15-6-5-10-24(13-15)20(26)14-29-22(28)16-8-9-17-18(12-16)23-19-7-3-2-4-11-25(19)21(17)27/h8-9,12,15H,2-7,10-11,13-14H2,1H3/t15-/m1/s1. The van der Waals surface area contributed by atoms with E-state index in [0.29, 0.717) is 35.5 Å². The molecule has 0 saturated carbocycles. The number of benzene rings is 1. The third-order valence-electron chi connectivity index (χ3n) is 5.89. The molecular weight excluding hydrogens is 370 g/mol. The van der Waals surface area contributed by atoms with Crippen molar-refractivity contribution in [2.24, 2.45) is 5.92 Å². The number of esters is 1. The van der Waals surface area contributed by atoms with Gasteiger partial charge < -0.3 is 9.64 Å². The highest BCUT2D eigenvalue weighted by Crippen LogP contribution is 2.18. The Kier molecular flexibility index (Phi) is 5.65. The lowest BCUT2D eigenvalue weighted by molar-refractivity contribution is -0.136. The molecule has 1 amide bonds. The third kappa shape index (κ3) is 4.18. The van der Waals surface area contributed by atoms with E-state index in [4.69, 9.17) is 4.74 Å². The van der Waals surface area contributed by atoms with Gasteiger partial charge in [-0.05, 0) is 49.8 Å². The van der Waals surface area contributed by atoms with Gasteiger partial charge in [0.25, 0.3) is 11.5 Å². The second-order valence-corrected chi connectivity index (χ2v) is 8.19. The van der Waals surface area contributed by atoms with Crippen LogP contribution in [0.4, 0.5) is 0 Å². The molecule has 154 valence electrons. The lowest BCUT2D eigenvalue weighted by atomic mass is 10.0. The molecule has 29 heavy (non-hydrogen) atoms. The molecule has 2 aromatic rings. The Balaban J connectivity index is 1.49. The second-order valence-electron chi connectivity index (χ2n) is 8.19.